The predicted molar refractivity (Wildman–Crippen MR) is 50.7 cm³/mol. The van der Waals surface area contributed by atoms with Crippen molar-refractivity contribution < 1.29 is 4.79 Å². The van der Waals surface area contributed by atoms with Gasteiger partial charge in [0, 0.05) is 5.57 Å². The Labute approximate surface area is 72.0 Å². The van der Waals surface area contributed by atoms with Crippen LogP contribution in [0.25, 0.3) is 6.08 Å². The first-order chi connectivity index (χ1) is 5.83. The normalized spacial score (nSPS) is 10.0. The Balaban J connectivity index is 2.70. The van der Waals surface area contributed by atoms with Crippen molar-refractivity contribution in [2.45, 2.75) is 0 Å². The van der Waals surface area contributed by atoms with Crippen LogP contribution in [-0.4, -0.2) is 6.29 Å². The summed E-state index contributed by atoms with van der Waals surface area (Å²) < 4.78 is 0. The highest BCUT2D eigenvalue weighted by Gasteiger charge is 1.83. The highest BCUT2D eigenvalue weighted by molar-refractivity contribution is 5.78. The Morgan fingerprint density at radius 3 is 2.50 bits per heavy atom. The maximum Gasteiger partial charge on any atom is 0.149 e. The van der Waals surface area contributed by atoms with Gasteiger partial charge in [0.2, 0.25) is 0 Å². The summed E-state index contributed by atoms with van der Waals surface area (Å²) in [6.07, 6.45) is 4.29. The molecule has 0 aliphatic rings. The van der Waals surface area contributed by atoms with E-state index in [0.717, 1.165) is 11.8 Å². The zero-order valence-corrected chi connectivity index (χ0v) is 6.73. The molecule has 0 unspecified atom stereocenters. The second-order valence-electron chi connectivity index (χ2n) is 2.44. The number of allylic oxidation sites excluding steroid dienone is 2. The van der Waals surface area contributed by atoms with Crippen LogP contribution in [0.3, 0.4) is 0 Å². The largest absolute Gasteiger partial charge is 0.298 e. The Bertz CT molecular complexity index is 296. The van der Waals surface area contributed by atoms with Gasteiger partial charge in [-0.1, -0.05) is 49.1 Å². The molecule has 0 saturated heterocycles. The Morgan fingerprint density at radius 1 is 1.25 bits per heavy atom. The van der Waals surface area contributed by atoms with Crippen LogP contribution in [0.1, 0.15) is 5.56 Å². The van der Waals surface area contributed by atoms with Crippen LogP contribution < -0.4 is 0 Å². The topological polar surface area (TPSA) is 17.1 Å². The highest BCUT2D eigenvalue weighted by Crippen LogP contribution is 2.02. The third kappa shape index (κ3) is 2.54. The van der Waals surface area contributed by atoms with E-state index in [9.17, 15) is 4.79 Å². The maximum atomic E-state index is 10.2. The first-order valence-corrected chi connectivity index (χ1v) is 3.70. The van der Waals surface area contributed by atoms with Gasteiger partial charge in [-0.05, 0) is 5.56 Å². The number of carbonyl (C=O) groups is 1. The average molecular weight is 158 g/mol. The second-order valence-corrected chi connectivity index (χ2v) is 2.44. The number of hydrogen-bond donors (Lipinski definition) is 0. The summed E-state index contributed by atoms with van der Waals surface area (Å²) in [6, 6.07) is 9.78. The van der Waals surface area contributed by atoms with Crippen LogP contribution >= 0.6 is 0 Å². The molecule has 1 aromatic rings. The summed E-state index contributed by atoms with van der Waals surface area (Å²) in [5.74, 6) is 0. The molecule has 0 aliphatic heterocycles. The molecule has 1 aromatic carbocycles. The molecule has 0 N–H and O–H groups in total. The summed E-state index contributed by atoms with van der Waals surface area (Å²) in [4.78, 5) is 10.2. The quantitative estimate of drug-likeness (QED) is 0.375. The van der Waals surface area contributed by atoms with Gasteiger partial charge in [-0.2, -0.15) is 0 Å². The molecular weight excluding hydrogens is 148 g/mol. The third-order valence-corrected chi connectivity index (χ3v) is 1.44. The second kappa shape index (κ2) is 4.29. The molecular formula is C11H10O. The molecule has 1 heteroatoms. The lowest BCUT2D eigenvalue weighted by atomic mass is 10.2. The van der Waals surface area contributed by atoms with Crippen LogP contribution in [-0.2, 0) is 4.79 Å². The molecule has 0 amide bonds. The lowest BCUT2D eigenvalue weighted by molar-refractivity contribution is -0.104. The minimum atomic E-state index is 0.485. The molecule has 0 aliphatic carbocycles. The van der Waals surface area contributed by atoms with Crippen LogP contribution in [0.2, 0.25) is 0 Å². The molecule has 1 rings (SSSR count). The third-order valence-electron chi connectivity index (χ3n) is 1.44. The van der Waals surface area contributed by atoms with E-state index in [1.807, 2.05) is 36.4 Å². The molecule has 0 saturated carbocycles. The first-order valence-electron chi connectivity index (χ1n) is 3.70. The highest BCUT2D eigenvalue weighted by atomic mass is 16.1. The lowest BCUT2D eigenvalue weighted by Gasteiger charge is -1.89. The van der Waals surface area contributed by atoms with Gasteiger partial charge in [-0.25, -0.2) is 0 Å². The smallest absolute Gasteiger partial charge is 0.149 e. The van der Waals surface area contributed by atoms with Gasteiger partial charge in [0.05, 0.1) is 0 Å². The molecule has 0 atom stereocenters. The first kappa shape index (κ1) is 8.47. The van der Waals surface area contributed by atoms with Crippen molar-refractivity contribution in [2.75, 3.05) is 0 Å². The zero-order valence-electron chi connectivity index (χ0n) is 6.73. The van der Waals surface area contributed by atoms with Gasteiger partial charge in [-0.3, -0.25) is 4.79 Å². The van der Waals surface area contributed by atoms with E-state index in [0.29, 0.717) is 5.57 Å². The van der Waals surface area contributed by atoms with Crippen molar-refractivity contribution in [2.24, 2.45) is 0 Å². The minimum absolute atomic E-state index is 0.485. The van der Waals surface area contributed by atoms with Crippen molar-refractivity contribution in [1.29, 1.82) is 0 Å². The van der Waals surface area contributed by atoms with E-state index < -0.39 is 0 Å². The number of hydrogen-bond acceptors (Lipinski definition) is 1. The van der Waals surface area contributed by atoms with E-state index >= 15 is 0 Å². The van der Waals surface area contributed by atoms with Gasteiger partial charge in [0.15, 0.2) is 0 Å². The molecule has 1 nitrogen and oxygen atoms in total. The number of rotatable bonds is 3. The average Bonchev–Trinajstić information content (AvgIpc) is 2.16. The van der Waals surface area contributed by atoms with Gasteiger partial charge in [-0.15, -0.1) is 0 Å². The van der Waals surface area contributed by atoms with E-state index in [1.165, 1.54) is 0 Å². The van der Waals surface area contributed by atoms with Crippen molar-refractivity contribution in [3.8, 4) is 0 Å². The molecule has 60 valence electrons. The fraction of sp³-hybridized carbons (Fsp3) is 0. The summed E-state index contributed by atoms with van der Waals surface area (Å²) in [7, 11) is 0. The van der Waals surface area contributed by atoms with Crippen LogP contribution in [0, 0.1) is 0 Å². The van der Waals surface area contributed by atoms with E-state index in [1.54, 1.807) is 6.08 Å². The molecule has 0 fully saturated rings. The monoisotopic (exact) mass is 158 g/mol. The van der Waals surface area contributed by atoms with Gasteiger partial charge in [0.1, 0.15) is 6.29 Å². The van der Waals surface area contributed by atoms with Crippen molar-refractivity contribution >= 4 is 12.4 Å². The summed E-state index contributed by atoms with van der Waals surface area (Å²) in [5, 5.41) is 0. The van der Waals surface area contributed by atoms with Crippen LogP contribution in [0.15, 0.2) is 48.6 Å². The van der Waals surface area contributed by atoms with Crippen molar-refractivity contribution in [3.63, 3.8) is 0 Å². The van der Waals surface area contributed by atoms with Gasteiger partial charge < -0.3 is 0 Å². The van der Waals surface area contributed by atoms with Gasteiger partial charge >= 0.3 is 0 Å². The standard InChI is InChI=1S/C11H10O/c1-10(9-12)7-8-11-5-3-2-4-6-11/h2-9H,1H2/b8-7+. The molecule has 0 radical (unpaired) electrons. The fourth-order valence-electron chi connectivity index (χ4n) is 0.807. The zero-order chi connectivity index (χ0) is 8.81. The Hall–Kier alpha value is -1.63. The number of carbonyl (C=O) groups excluding carboxylic acids is 1. The maximum absolute atomic E-state index is 10.2. The van der Waals surface area contributed by atoms with E-state index in [2.05, 4.69) is 6.58 Å². The number of benzene rings is 1. The Morgan fingerprint density at radius 2 is 1.92 bits per heavy atom. The van der Waals surface area contributed by atoms with E-state index in [-0.39, 0.29) is 0 Å². The number of aldehydes is 1. The van der Waals surface area contributed by atoms with Crippen LogP contribution in [0.4, 0.5) is 0 Å². The molecule has 0 heterocycles. The van der Waals surface area contributed by atoms with Crippen molar-refractivity contribution in [3.05, 3.63) is 54.1 Å². The fourth-order valence-corrected chi connectivity index (χ4v) is 0.807. The molecule has 0 bridgehead atoms. The van der Waals surface area contributed by atoms with E-state index in [4.69, 9.17) is 0 Å². The minimum Gasteiger partial charge on any atom is -0.298 e. The summed E-state index contributed by atoms with van der Waals surface area (Å²) in [6.45, 7) is 3.53. The lowest BCUT2D eigenvalue weighted by Crippen LogP contribution is -1.74. The predicted octanol–water partition coefficient (Wildman–Crippen LogP) is 2.45. The molecule has 0 spiro atoms. The summed E-state index contributed by atoms with van der Waals surface area (Å²) in [5.41, 5.74) is 1.55. The van der Waals surface area contributed by atoms with Crippen molar-refractivity contribution in [1.82, 2.24) is 0 Å². The molecule has 0 aromatic heterocycles. The summed E-state index contributed by atoms with van der Waals surface area (Å²) >= 11 is 0. The van der Waals surface area contributed by atoms with Crippen LogP contribution in [0.5, 0.6) is 0 Å². The molecule has 12 heavy (non-hydrogen) atoms. The Kier molecular flexibility index (Phi) is 3.03. The SMILES string of the molecule is C=C(C=O)/C=C/c1ccccc1. The van der Waals surface area contributed by atoms with Gasteiger partial charge in [0.25, 0.3) is 0 Å².